The van der Waals surface area contributed by atoms with Crippen molar-refractivity contribution >= 4 is 39.3 Å². The van der Waals surface area contributed by atoms with E-state index in [1.807, 2.05) is 42.5 Å². The number of carbonyl (C=O) groups is 2. The van der Waals surface area contributed by atoms with Crippen molar-refractivity contribution in [3.63, 3.8) is 0 Å². The summed E-state index contributed by atoms with van der Waals surface area (Å²) in [6, 6.07) is 17.2. The van der Waals surface area contributed by atoms with Gasteiger partial charge in [0, 0.05) is 11.6 Å². The van der Waals surface area contributed by atoms with Crippen molar-refractivity contribution in [3.8, 4) is 0 Å². The minimum Gasteiger partial charge on any atom is -0.294 e. The first-order valence-corrected chi connectivity index (χ1v) is 7.15. The van der Waals surface area contributed by atoms with E-state index in [4.69, 9.17) is 0 Å². The predicted octanol–water partition coefficient (Wildman–Crippen LogP) is 3.79. The molecule has 0 aliphatic carbocycles. The average Bonchev–Trinajstić information content (AvgIpc) is 2.54. The Morgan fingerprint density at radius 1 is 0.913 bits per heavy atom. The van der Waals surface area contributed by atoms with Crippen LogP contribution in [0.15, 0.2) is 67.0 Å². The lowest BCUT2D eigenvalue weighted by Crippen LogP contribution is -2.37. The van der Waals surface area contributed by atoms with Gasteiger partial charge >= 0.3 is 0 Å². The lowest BCUT2D eigenvalue weighted by Gasteiger charge is -2.02. The van der Waals surface area contributed by atoms with Crippen LogP contribution >= 0.6 is 17.0 Å². The van der Waals surface area contributed by atoms with Gasteiger partial charge < -0.3 is 0 Å². The SMILES string of the molecule is Br.CC(=O)c1ccc[n+](CC(=O)c2ccc3ccccc3c2)c1. The molecule has 3 aromatic rings. The number of aromatic nitrogens is 1. The maximum absolute atomic E-state index is 12.4. The van der Waals surface area contributed by atoms with Gasteiger partial charge in [0.05, 0.1) is 5.56 Å². The van der Waals surface area contributed by atoms with Crippen molar-refractivity contribution in [3.05, 3.63) is 78.1 Å². The summed E-state index contributed by atoms with van der Waals surface area (Å²) in [7, 11) is 0. The van der Waals surface area contributed by atoms with E-state index in [1.165, 1.54) is 6.92 Å². The van der Waals surface area contributed by atoms with Crippen LogP contribution in [0, 0.1) is 0 Å². The number of pyridine rings is 1. The molecule has 0 saturated heterocycles. The normalized spacial score (nSPS) is 10.1. The Hall–Kier alpha value is -2.33. The molecule has 1 aromatic heterocycles. The largest absolute Gasteiger partial charge is 0.294 e. The van der Waals surface area contributed by atoms with Crippen LogP contribution in [0.1, 0.15) is 27.6 Å². The second kappa shape index (κ2) is 7.29. The van der Waals surface area contributed by atoms with Crippen LogP contribution in [0.3, 0.4) is 0 Å². The summed E-state index contributed by atoms with van der Waals surface area (Å²) >= 11 is 0. The van der Waals surface area contributed by atoms with E-state index in [2.05, 4.69) is 0 Å². The molecule has 0 radical (unpaired) electrons. The summed E-state index contributed by atoms with van der Waals surface area (Å²) in [5.41, 5.74) is 1.29. The third-order valence-electron chi connectivity index (χ3n) is 3.66. The summed E-state index contributed by atoms with van der Waals surface area (Å²) in [5.74, 6) is 0.0176. The van der Waals surface area contributed by atoms with E-state index in [0.717, 1.165) is 10.8 Å². The van der Waals surface area contributed by atoms with Gasteiger partial charge in [-0.15, -0.1) is 17.0 Å². The van der Waals surface area contributed by atoms with Gasteiger partial charge in [0.2, 0.25) is 12.3 Å². The molecule has 2 aromatic carbocycles. The molecule has 116 valence electrons. The van der Waals surface area contributed by atoms with Crippen LogP contribution in [-0.2, 0) is 6.54 Å². The molecular weight excluding hydrogens is 354 g/mol. The van der Waals surface area contributed by atoms with Gasteiger partial charge in [0.25, 0.3) is 0 Å². The van der Waals surface area contributed by atoms with E-state index >= 15 is 0 Å². The molecule has 3 nitrogen and oxygen atoms in total. The molecule has 0 N–H and O–H groups in total. The molecule has 0 aliphatic heterocycles. The lowest BCUT2D eigenvalue weighted by atomic mass is 10.0. The van der Waals surface area contributed by atoms with Gasteiger partial charge in [-0.1, -0.05) is 36.4 Å². The quantitative estimate of drug-likeness (QED) is 0.517. The Labute approximate surface area is 145 Å². The van der Waals surface area contributed by atoms with E-state index in [-0.39, 0.29) is 35.1 Å². The van der Waals surface area contributed by atoms with Gasteiger partial charge in [-0.05, 0) is 29.8 Å². The van der Waals surface area contributed by atoms with Gasteiger partial charge in [0.15, 0.2) is 18.2 Å². The van der Waals surface area contributed by atoms with Crippen LogP contribution < -0.4 is 4.57 Å². The standard InChI is InChI=1S/C19H16NO2.BrH/c1-14(21)18-7-4-10-20(12-18)13-19(22)17-9-8-15-5-2-3-6-16(15)11-17;/h2-12H,13H2,1H3;1H/q+1;. The molecule has 1 heterocycles. The second-order valence-corrected chi connectivity index (χ2v) is 5.31. The monoisotopic (exact) mass is 370 g/mol. The van der Waals surface area contributed by atoms with Gasteiger partial charge in [-0.2, -0.15) is 4.57 Å². The molecule has 4 heteroatoms. The summed E-state index contributed by atoms with van der Waals surface area (Å²) < 4.78 is 1.74. The summed E-state index contributed by atoms with van der Waals surface area (Å²) in [6.45, 7) is 1.74. The minimum absolute atomic E-state index is 0. The van der Waals surface area contributed by atoms with Crippen molar-refractivity contribution in [1.82, 2.24) is 0 Å². The fourth-order valence-corrected chi connectivity index (χ4v) is 2.45. The van der Waals surface area contributed by atoms with Crippen LogP contribution in [0.5, 0.6) is 0 Å². The van der Waals surface area contributed by atoms with E-state index in [9.17, 15) is 9.59 Å². The van der Waals surface area contributed by atoms with Crippen molar-refractivity contribution in [2.24, 2.45) is 0 Å². The number of benzene rings is 2. The van der Waals surface area contributed by atoms with Gasteiger partial charge in [0.1, 0.15) is 0 Å². The molecular formula is C19H17BrNO2+. The Morgan fingerprint density at radius 3 is 2.39 bits per heavy atom. The molecule has 0 spiro atoms. The Bertz CT molecular complexity index is 874. The smallest absolute Gasteiger partial charge is 0.227 e. The lowest BCUT2D eigenvalue weighted by molar-refractivity contribution is -0.683. The number of carbonyl (C=O) groups excluding carboxylic acids is 2. The number of hydrogen-bond donors (Lipinski definition) is 0. The molecule has 0 aliphatic rings. The van der Waals surface area contributed by atoms with Crippen molar-refractivity contribution in [1.29, 1.82) is 0 Å². The highest BCUT2D eigenvalue weighted by Gasteiger charge is 2.14. The van der Waals surface area contributed by atoms with Gasteiger partial charge in [-0.3, -0.25) is 9.59 Å². The van der Waals surface area contributed by atoms with Crippen LogP contribution in [0.25, 0.3) is 10.8 Å². The molecule has 0 atom stereocenters. The average molecular weight is 371 g/mol. The number of Topliss-reactive ketones (excluding diaryl/α,β-unsaturated/α-hetero) is 2. The zero-order valence-electron chi connectivity index (χ0n) is 12.7. The highest BCUT2D eigenvalue weighted by molar-refractivity contribution is 8.93. The first kappa shape index (κ1) is 17.0. The molecule has 0 bridgehead atoms. The molecule has 0 amide bonds. The fourth-order valence-electron chi connectivity index (χ4n) is 2.45. The molecule has 0 fully saturated rings. The molecule has 3 rings (SSSR count). The number of fused-ring (bicyclic) bond motifs is 1. The summed E-state index contributed by atoms with van der Waals surface area (Å²) in [4.78, 5) is 23.8. The highest BCUT2D eigenvalue weighted by atomic mass is 79.9. The maximum Gasteiger partial charge on any atom is 0.227 e. The van der Waals surface area contributed by atoms with E-state index < -0.39 is 0 Å². The Balaban J connectivity index is 0.00000192. The van der Waals surface area contributed by atoms with Crippen molar-refractivity contribution in [2.75, 3.05) is 0 Å². The molecule has 0 saturated carbocycles. The number of hydrogen-bond acceptors (Lipinski definition) is 2. The summed E-state index contributed by atoms with van der Waals surface area (Å²) in [6.07, 6.45) is 3.51. The number of rotatable bonds is 4. The highest BCUT2D eigenvalue weighted by Crippen LogP contribution is 2.16. The van der Waals surface area contributed by atoms with Crippen LogP contribution in [0.2, 0.25) is 0 Å². The van der Waals surface area contributed by atoms with Crippen molar-refractivity contribution < 1.29 is 14.2 Å². The first-order chi connectivity index (χ1) is 10.6. The summed E-state index contributed by atoms with van der Waals surface area (Å²) in [5, 5.41) is 2.17. The first-order valence-electron chi connectivity index (χ1n) is 7.15. The topological polar surface area (TPSA) is 38.0 Å². The van der Waals surface area contributed by atoms with Crippen molar-refractivity contribution in [2.45, 2.75) is 13.5 Å². The maximum atomic E-state index is 12.4. The van der Waals surface area contributed by atoms with E-state index in [0.29, 0.717) is 11.1 Å². The number of halogens is 1. The zero-order chi connectivity index (χ0) is 15.5. The van der Waals surface area contributed by atoms with E-state index in [1.54, 1.807) is 29.1 Å². The van der Waals surface area contributed by atoms with Gasteiger partial charge in [-0.25, -0.2) is 0 Å². The predicted molar refractivity (Wildman–Crippen MR) is 95.2 cm³/mol. The number of ketones is 2. The number of nitrogens with zero attached hydrogens (tertiary/aromatic N) is 1. The third-order valence-corrected chi connectivity index (χ3v) is 3.66. The van der Waals surface area contributed by atoms with Crippen LogP contribution in [-0.4, -0.2) is 11.6 Å². The second-order valence-electron chi connectivity index (χ2n) is 5.31. The fraction of sp³-hybridized carbons (Fsp3) is 0.105. The molecule has 23 heavy (non-hydrogen) atoms. The third kappa shape index (κ3) is 3.90. The molecule has 0 unspecified atom stereocenters. The zero-order valence-corrected chi connectivity index (χ0v) is 14.4. The van der Waals surface area contributed by atoms with Crippen LogP contribution in [0.4, 0.5) is 0 Å². The Morgan fingerprint density at radius 2 is 1.65 bits per heavy atom. The minimum atomic E-state index is -0.00694. The Kier molecular flexibility index (Phi) is 5.40.